The van der Waals surface area contributed by atoms with E-state index in [1.54, 1.807) is 12.4 Å². The Hall–Kier alpha value is -1.90. The van der Waals surface area contributed by atoms with E-state index in [9.17, 15) is 13.2 Å². The highest BCUT2D eigenvalue weighted by atomic mass is 32.2. The van der Waals surface area contributed by atoms with Crippen LogP contribution in [0.15, 0.2) is 53.7 Å². The van der Waals surface area contributed by atoms with E-state index in [1.165, 1.54) is 17.3 Å². The van der Waals surface area contributed by atoms with Crippen molar-refractivity contribution >= 4 is 27.5 Å². The van der Waals surface area contributed by atoms with Gasteiger partial charge in [-0.15, -0.1) is 11.8 Å². The smallest absolute Gasteiger partial charge is 0.255 e. The molecule has 2 aromatic rings. The third kappa shape index (κ3) is 5.18. The number of pyridine rings is 1. The van der Waals surface area contributed by atoms with Crippen molar-refractivity contribution < 1.29 is 13.2 Å². The maximum atomic E-state index is 13.2. The molecular weight excluding hydrogens is 406 g/mol. The van der Waals surface area contributed by atoms with Gasteiger partial charge in [-0.05, 0) is 36.2 Å². The molecular formula is C21H25N3O3S2. The van der Waals surface area contributed by atoms with E-state index in [1.807, 2.05) is 41.3 Å². The molecule has 1 aromatic heterocycles. The molecule has 2 fully saturated rings. The number of hydrogen-bond acceptors (Lipinski definition) is 6. The van der Waals surface area contributed by atoms with E-state index in [0.29, 0.717) is 25.1 Å². The van der Waals surface area contributed by atoms with Gasteiger partial charge in [0.15, 0.2) is 9.84 Å². The van der Waals surface area contributed by atoms with Crippen molar-refractivity contribution in [3.8, 4) is 0 Å². The molecule has 1 unspecified atom stereocenters. The predicted octanol–water partition coefficient (Wildman–Crippen LogP) is 2.32. The fourth-order valence-electron chi connectivity index (χ4n) is 3.81. The van der Waals surface area contributed by atoms with E-state index < -0.39 is 9.84 Å². The van der Waals surface area contributed by atoms with Crippen LogP contribution in [0.4, 0.5) is 0 Å². The number of amides is 1. The third-order valence-electron chi connectivity index (χ3n) is 5.42. The molecule has 8 heteroatoms. The summed E-state index contributed by atoms with van der Waals surface area (Å²) in [6.45, 7) is 3.93. The Labute approximate surface area is 176 Å². The van der Waals surface area contributed by atoms with Crippen molar-refractivity contribution in [1.82, 2.24) is 14.8 Å². The van der Waals surface area contributed by atoms with Gasteiger partial charge in [0.25, 0.3) is 5.91 Å². The van der Waals surface area contributed by atoms with Crippen LogP contribution in [-0.2, 0) is 16.4 Å². The van der Waals surface area contributed by atoms with Crippen molar-refractivity contribution in [3.63, 3.8) is 0 Å². The van der Waals surface area contributed by atoms with Gasteiger partial charge in [0.05, 0.1) is 17.1 Å². The molecule has 29 heavy (non-hydrogen) atoms. The monoisotopic (exact) mass is 431 g/mol. The number of benzene rings is 1. The SMILES string of the molecule is O=C(c1ccccc1SC1CCS(=O)(=O)C1)N1CCN(Cc2ccncc2)CC1. The second kappa shape index (κ2) is 8.85. The van der Waals surface area contributed by atoms with Crippen LogP contribution in [0.2, 0.25) is 0 Å². The van der Waals surface area contributed by atoms with Crippen LogP contribution in [0.1, 0.15) is 22.3 Å². The molecule has 1 aromatic carbocycles. The first-order valence-corrected chi connectivity index (χ1v) is 12.6. The molecule has 1 atom stereocenters. The lowest BCUT2D eigenvalue weighted by Crippen LogP contribution is -2.48. The zero-order valence-electron chi connectivity index (χ0n) is 16.2. The quantitative estimate of drug-likeness (QED) is 0.724. The van der Waals surface area contributed by atoms with Crippen molar-refractivity contribution in [2.45, 2.75) is 23.1 Å². The molecule has 1 amide bonds. The summed E-state index contributed by atoms with van der Waals surface area (Å²) in [5.74, 6) is 0.492. The minimum Gasteiger partial charge on any atom is -0.336 e. The number of thioether (sulfide) groups is 1. The van der Waals surface area contributed by atoms with Gasteiger partial charge in [0.2, 0.25) is 0 Å². The summed E-state index contributed by atoms with van der Waals surface area (Å²) in [6, 6.07) is 11.6. The maximum absolute atomic E-state index is 13.2. The minimum atomic E-state index is -2.93. The fraction of sp³-hybridized carbons (Fsp3) is 0.429. The van der Waals surface area contributed by atoms with E-state index in [2.05, 4.69) is 9.88 Å². The average molecular weight is 432 g/mol. The van der Waals surface area contributed by atoms with Gasteiger partial charge in [-0.25, -0.2) is 8.42 Å². The number of carbonyl (C=O) groups is 1. The van der Waals surface area contributed by atoms with Gasteiger partial charge in [-0.2, -0.15) is 0 Å². The molecule has 0 spiro atoms. The first-order chi connectivity index (χ1) is 14.0. The first-order valence-electron chi connectivity index (χ1n) is 9.87. The summed E-state index contributed by atoms with van der Waals surface area (Å²) in [5.41, 5.74) is 1.91. The number of nitrogens with zero attached hydrogens (tertiary/aromatic N) is 3. The Bertz CT molecular complexity index is 958. The molecule has 6 nitrogen and oxygen atoms in total. The summed E-state index contributed by atoms with van der Waals surface area (Å²) in [5, 5.41) is 0.0335. The lowest BCUT2D eigenvalue weighted by Gasteiger charge is -2.35. The number of carbonyl (C=O) groups excluding carboxylic acids is 1. The van der Waals surface area contributed by atoms with Crippen LogP contribution in [0.3, 0.4) is 0 Å². The molecule has 0 saturated carbocycles. The molecule has 0 radical (unpaired) electrons. The molecule has 4 rings (SSSR count). The molecule has 0 aliphatic carbocycles. The van der Waals surface area contributed by atoms with E-state index in [-0.39, 0.29) is 22.7 Å². The van der Waals surface area contributed by atoms with E-state index in [4.69, 9.17) is 0 Å². The highest BCUT2D eigenvalue weighted by molar-refractivity contribution is 8.02. The number of hydrogen-bond donors (Lipinski definition) is 0. The Balaban J connectivity index is 1.38. The second-order valence-corrected chi connectivity index (χ2v) is 11.1. The molecule has 154 valence electrons. The van der Waals surface area contributed by atoms with Crippen molar-refractivity contribution in [2.24, 2.45) is 0 Å². The lowest BCUT2D eigenvalue weighted by atomic mass is 10.1. The summed E-state index contributed by atoms with van der Waals surface area (Å²) in [6.07, 6.45) is 4.27. The summed E-state index contributed by atoms with van der Waals surface area (Å²) in [4.78, 5) is 22.4. The summed E-state index contributed by atoms with van der Waals surface area (Å²) < 4.78 is 23.5. The third-order valence-corrected chi connectivity index (χ3v) is 8.74. The second-order valence-electron chi connectivity index (χ2n) is 7.56. The minimum absolute atomic E-state index is 0.0335. The highest BCUT2D eigenvalue weighted by Gasteiger charge is 2.30. The van der Waals surface area contributed by atoms with Gasteiger partial charge in [0, 0.05) is 55.3 Å². The zero-order valence-corrected chi connectivity index (χ0v) is 17.9. The molecule has 0 N–H and O–H groups in total. The van der Waals surface area contributed by atoms with Crippen molar-refractivity contribution in [3.05, 3.63) is 59.9 Å². The van der Waals surface area contributed by atoms with Gasteiger partial charge >= 0.3 is 0 Å². The summed E-state index contributed by atoms with van der Waals surface area (Å²) in [7, 11) is -2.93. The first kappa shape index (κ1) is 20.4. The van der Waals surface area contributed by atoms with Crippen LogP contribution in [0.5, 0.6) is 0 Å². The predicted molar refractivity (Wildman–Crippen MR) is 115 cm³/mol. The van der Waals surface area contributed by atoms with E-state index in [0.717, 1.165) is 24.5 Å². The summed E-state index contributed by atoms with van der Waals surface area (Å²) >= 11 is 1.53. The topological polar surface area (TPSA) is 70.6 Å². The number of sulfone groups is 1. The average Bonchev–Trinajstić information content (AvgIpc) is 3.07. The van der Waals surface area contributed by atoms with Crippen LogP contribution in [0, 0.1) is 0 Å². The normalized spacial score (nSPS) is 21.9. The van der Waals surface area contributed by atoms with Gasteiger partial charge in [-0.3, -0.25) is 14.7 Å². The number of aromatic nitrogens is 1. The van der Waals surface area contributed by atoms with Gasteiger partial charge in [0.1, 0.15) is 0 Å². The Morgan fingerprint density at radius 3 is 2.48 bits per heavy atom. The Morgan fingerprint density at radius 2 is 1.79 bits per heavy atom. The van der Waals surface area contributed by atoms with Crippen LogP contribution >= 0.6 is 11.8 Å². The Morgan fingerprint density at radius 1 is 1.07 bits per heavy atom. The van der Waals surface area contributed by atoms with Crippen molar-refractivity contribution in [1.29, 1.82) is 0 Å². The van der Waals surface area contributed by atoms with E-state index >= 15 is 0 Å². The highest BCUT2D eigenvalue weighted by Crippen LogP contribution is 2.33. The van der Waals surface area contributed by atoms with Gasteiger partial charge in [-0.1, -0.05) is 12.1 Å². The molecule has 2 aliphatic heterocycles. The van der Waals surface area contributed by atoms with Crippen molar-refractivity contribution in [2.75, 3.05) is 37.7 Å². The fourth-order valence-corrected chi connectivity index (χ4v) is 7.43. The lowest BCUT2D eigenvalue weighted by molar-refractivity contribution is 0.0625. The number of piperazine rings is 1. The van der Waals surface area contributed by atoms with Crippen LogP contribution < -0.4 is 0 Å². The zero-order chi connectivity index (χ0) is 20.3. The number of rotatable bonds is 5. The molecule has 3 heterocycles. The maximum Gasteiger partial charge on any atom is 0.255 e. The Kier molecular flexibility index (Phi) is 6.22. The molecule has 2 aliphatic rings. The molecule has 0 bridgehead atoms. The largest absolute Gasteiger partial charge is 0.336 e. The van der Waals surface area contributed by atoms with Gasteiger partial charge < -0.3 is 4.90 Å². The standard InChI is InChI=1S/C21H25N3O3S2/c25-21(24-12-10-23(11-13-24)15-17-5-8-22-9-6-17)19-3-1-2-4-20(19)28-18-7-14-29(26,27)16-18/h1-6,8-9,18H,7,10-16H2. The van der Waals surface area contributed by atoms with Crippen LogP contribution in [0.25, 0.3) is 0 Å². The molecule has 2 saturated heterocycles. The van der Waals surface area contributed by atoms with Crippen LogP contribution in [-0.4, -0.2) is 72.0 Å².